The Balaban J connectivity index is 2.14. The molecule has 0 fully saturated rings. The molecule has 6 heteroatoms. The topological polar surface area (TPSA) is 73.3 Å². The fourth-order valence-corrected chi connectivity index (χ4v) is 2.51. The summed E-state index contributed by atoms with van der Waals surface area (Å²) in [7, 11) is -3.23. The molecule has 23 heavy (non-hydrogen) atoms. The molecule has 122 valence electrons. The van der Waals surface area contributed by atoms with Gasteiger partial charge in [0, 0.05) is 29.5 Å². The Bertz CT molecular complexity index is 801. The number of rotatable bonds is 4. The normalized spacial score (nSPS) is 12.0. The maximum Gasteiger partial charge on any atom is 0.219 e. The average molecular weight is 333 g/mol. The number of hydrogen-bond acceptors (Lipinski definition) is 5. The Hall–Kier alpha value is -2.21. The Kier molecular flexibility index (Phi) is 4.56. The molecule has 0 bridgehead atoms. The summed E-state index contributed by atoms with van der Waals surface area (Å²) in [5.74, 6) is 0.816. The molecule has 5 nitrogen and oxygen atoms in total. The SMILES string of the molecule is CC(C)(C)C(=O)c1ccc(Oc2ccc(S(C)(=O)=O)cc2)nc1. The van der Waals surface area contributed by atoms with Crippen molar-refractivity contribution in [3.05, 3.63) is 48.2 Å². The molecule has 0 amide bonds. The second kappa shape index (κ2) is 6.12. The molecular formula is C17H19NO4S. The zero-order chi connectivity index (χ0) is 17.3. The van der Waals surface area contributed by atoms with Gasteiger partial charge in [-0.2, -0.15) is 0 Å². The fourth-order valence-electron chi connectivity index (χ4n) is 1.88. The molecule has 0 aliphatic rings. The van der Waals surface area contributed by atoms with Crippen molar-refractivity contribution >= 4 is 15.6 Å². The van der Waals surface area contributed by atoms with Crippen molar-refractivity contribution in [1.82, 2.24) is 4.98 Å². The van der Waals surface area contributed by atoms with Gasteiger partial charge in [-0.25, -0.2) is 13.4 Å². The van der Waals surface area contributed by atoms with Crippen molar-refractivity contribution in [3.63, 3.8) is 0 Å². The Morgan fingerprint density at radius 2 is 1.65 bits per heavy atom. The van der Waals surface area contributed by atoms with Crippen LogP contribution in [-0.2, 0) is 9.84 Å². The molecule has 1 aromatic carbocycles. The first-order valence-corrected chi connectivity index (χ1v) is 8.95. The number of sulfone groups is 1. The van der Waals surface area contributed by atoms with E-state index in [4.69, 9.17) is 4.74 Å². The number of hydrogen-bond donors (Lipinski definition) is 0. The summed E-state index contributed by atoms with van der Waals surface area (Å²) in [5.41, 5.74) is 0.0585. The molecule has 0 saturated carbocycles. The van der Waals surface area contributed by atoms with Crippen molar-refractivity contribution < 1.29 is 17.9 Å². The molecule has 0 radical (unpaired) electrons. The zero-order valence-corrected chi connectivity index (χ0v) is 14.3. The third kappa shape index (κ3) is 4.39. The van der Waals surface area contributed by atoms with Gasteiger partial charge in [-0.15, -0.1) is 0 Å². The van der Waals surface area contributed by atoms with Crippen LogP contribution in [0.3, 0.4) is 0 Å². The van der Waals surface area contributed by atoms with Crippen LogP contribution in [0.5, 0.6) is 11.6 Å². The molecule has 0 atom stereocenters. The molecule has 2 rings (SSSR count). The predicted octanol–water partition coefficient (Wildman–Crippen LogP) is 3.51. The Morgan fingerprint density at radius 3 is 2.09 bits per heavy atom. The predicted molar refractivity (Wildman–Crippen MR) is 87.6 cm³/mol. The molecule has 1 heterocycles. The van der Waals surface area contributed by atoms with Crippen LogP contribution >= 0.6 is 0 Å². The highest BCUT2D eigenvalue weighted by molar-refractivity contribution is 7.90. The number of nitrogens with zero attached hydrogens (tertiary/aromatic N) is 1. The molecule has 0 aliphatic heterocycles. The van der Waals surface area contributed by atoms with Crippen LogP contribution < -0.4 is 4.74 Å². The number of ketones is 1. The first-order valence-electron chi connectivity index (χ1n) is 7.06. The zero-order valence-electron chi connectivity index (χ0n) is 13.5. The van der Waals surface area contributed by atoms with Crippen molar-refractivity contribution in [2.75, 3.05) is 6.26 Å². The number of benzene rings is 1. The van der Waals surface area contributed by atoms with Gasteiger partial charge in [-0.3, -0.25) is 4.79 Å². The van der Waals surface area contributed by atoms with E-state index in [0.717, 1.165) is 6.26 Å². The molecule has 0 unspecified atom stereocenters. The second-order valence-electron chi connectivity index (χ2n) is 6.31. The average Bonchev–Trinajstić information content (AvgIpc) is 2.46. The van der Waals surface area contributed by atoms with Gasteiger partial charge in [0.05, 0.1) is 4.90 Å². The molecular weight excluding hydrogens is 314 g/mol. The molecule has 2 aromatic rings. The van der Waals surface area contributed by atoms with E-state index in [-0.39, 0.29) is 10.7 Å². The Morgan fingerprint density at radius 1 is 1.04 bits per heavy atom. The first kappa shape index (κ1) is 17.1. The maximum absolute atomic E-state index is 12.1. The molecule has 0 spiro atoms. The monoisotopic (exact) mass is 333 g/mol. The highest BCUT2D eigenvalue weighted by Gasteiger charge is 2.23. The van der Waals surface area contributed by atoms with Gasteiger partial charge in [0.25, 0.3) is 0 Å². The minimum Gasteiger partial charge on any atom is -0.439 e. The highest BCUT2D eigenvalue weighted by atomic mass is 32.2. The van der Waals surface area contributed by atoms with Crippen LogP contribution in [-0.4, -0.2) is 25.4 Å². The van der Waals surface area contributed by atoms with Crippen molar-refractivity contribution in [2.45, 2.75) is 25.7 Å². The van der Waals surface area contributed by atoms with E-state index in [2.05, 4.69) is 4.98 Å². The van der Waals surface area contributed by atoms with Crippen LogP contribution in [0.15, 0.2) is 47.5 Å². The third-order valence-electron chi connectivity index (χ3n) is 3.15. The molecule has 0 saturated heterocycles. The van der Waals surface area contributed by atoms with Gasteiger partial charge >= 0.3 is 0 Å². The summed E-state index contributed by atoms with van der Waals surface area (Å²) in [6.07, 6.45) is 2.63. The lowest BCUT2D eigenvalue weighted by Gasteiger charge is -2.16. The lowest BCUT2D eigenvalue weighted by molar-refractivity contribution is 0.0858. The Labute approximate surface area is 136 Å². The van der Waals surface area contributed by atoms with E-state index in [1.54, 1.807) is 24.3 Å². The molecule has 0 aliphatic carbocycles. The minimum absolute atomic E-state index is 0.00838. The van der Waals surface area contributed by atoms with Crippen LogP contribution in [0.1, 0.15) is 31.1 Å². The third-order valence-corrected chi connectivity index (χ3v) is 4.28. The number of ether oxygens (including phenoxy) is 1. The second-order valence-corrected chi connectivity index (χ2v) is 8.33. The van der Waals surface area contributed by atoms with E-state index < -0.39 is 15.3 Å². The van der Waals surface area contributed by atoms with E-state index in [9.17, 15) is 13.2 Å². The summed E-state index contributed by atoms with van der Waals surface area (Å²) in [4.78, 5) is 16.5. The lowest BCUT2D eigenvalue weighted by atomic mass is 9.87. The summed E-state index contributed by atoms with van der Waals surface area (Å²) in [6.45, 7) is 5.55. The van der Waals surface area contributed by atoms with Crippen molar-refractivity contribution in [3.8, 4) is 11.6 Å². The van der Waals surface area contributed by atoms with Gasteiger partial charge in [0.2, 0.25) is 5.88 Å². The smallest absolute Gasteiger partial charge is 0.219 e. The summed E-state index contributed by atoms with van der Waals surface area (Å²) in [5, 5.41) is 0. The van der Waals surface area contributed by atoms with Gasteiger partial charge in [0.15, 0.2) is 15.6 Å². The largest absolute Gasteiger partial charge is 0.439 e. The standard InChI is InChI=1S/C17H19NO4S/c1-17(2,3)16(19)12-5-10-15(18-11-12)22-13-6-8-14(9-7-13)23(4,20)21/h5-11H,1-4H3. The van der Waals surface area contributed by atoms with Crippen LogP contribution in [0.2, 0.25) is 0 Å². The number of carbonyl (C=O) groups is 1. The molecule has 0 N–H and O–H groups in total. The minimum atomic E-state index is -3.23. The van der Waals surface area contributed by atoms with Gasteiger partial charge < -0.3 is 4.74 Å². The van der Waals surface area contributed by atoms with E-state index in [1.165, 1.54) is 18.3 Å². The number of carbonyl (C=O) groups excluding carboxylic acids is 1. The van der Waals surface area contributed by atoms with Gasteiger partial charge in [0.1, 0.15) is 5.75 Å². The van der Waals surface area contributed by atoms with E-state index in [0.29, 0.717) is 17.2 Å². The summed E-state index contributed by atoms with van der Waals surface area (Å²) < 4.78 is 28.3. The quantitative estimate of drug-likeness (QED) is 0.801. The first-order chi connectivity index (χ1) is 10.6. The van der Waals surface area contributed by atoms with Crippen molar-refractivity contribution in [1.29, 1.82) is 0 Å². The number of Topliss-reactive ketones (excluding diaryl/α,β-unsaturated/α-hetero) is 1. The lowest BCUT2D eigenvalue weighted by Crippen LogP contribution is -2.20. The highest BCUT2D eigenvalue weighted by Crippen LogP contribution is 2.24. The van der Waals surface area contributed by atoms with Crippen LogP contribution in [0, 0.1) is 5.41 Å². The van der Waals surface area contributed by atoms with E-state index >= 15 is 0 Å². The van der Waals surface area contributed by atoms with E-state index in [1.807, 2.05) is 20.8 Å². The van der Waals surface area contributed by atoms with Crippen LogP contribution in [0.25, 0.3) is 0 Å². The number of aromatic nitrogens is 1. The van der Waals surface area contributed by atoms with Crippen LogP contribution in [0.4, 0.5) is 0 Å². The fraction of sp³-hybridized carbons (Fsp3) is 0.294. The van der Waals surface area contributed by atoms with Crippen molar-refractivity contribution in [2.24, 2.45) is 5.41 Å². The maximum atomic E-state index is 12.1. The summed E-state index contributed by atoms with van der Waals surface area (Å²) >= 11 is 0. The molecule has 1 aromatic heterocycles. The number of pyridine rings is 1. The van der Waals surface area contributed by atoms with Gasteiger partial charge in [-0.1, -0.05) is 20.8 Å². The summed E-state index contributed by atoms with van der Waals surface area (Å²) in [6, 6.07) is 9.35. The van der Waals surface area contributed by atoms with Gasteiger partial charge in [-0.05, 0) is 30.3 Å².